The Morgan fingerprint density at radius 2 is 2.09 bits per heavy atom. The van der Waals surface area contributed by atoms with Crippen molar-refractivity contribution >= 4 is 5.69 Å². The first kappa shape index (κ1) is 7.98. The highest BCUT2D eigenvalue weighted by Gasteiger charge is 2.03. The molecule has 0 aliphatic heterocycles. The van der Waals surface area contributed by atoms with Gasteiger partial charge in [0.25, 0.3) is 0 Å². The number of aromatic nitrogens is 1. The van der Waals surface area contributed by atoms with E-state index in [4.69, 9.17) is 5.73 Å². The Labute approximate surface area is 65.3 Å². The maximum absolute atomic E-state index is 12.6. The molecule has 0 aromatic carbocycles. The summed E-state index contributed by atoms with van der Waals surface area (Å²) in [6.45, 7) is 3.89. The Morgan fingerprint density at radius 3 is 2.55 bits per heavy atom. The highest BCUT2D eigenvalue weighted by atomic mass is 19.1. The zero-order chi connectivity index (χ0) is 8.43. The van der Waals surface area contributed by atoms with E-state index < -0.39 is 5.95 Å². The van der Waals surface area contributed by atoms with Crippen LogP contribution in [0.1, 0.15) is 25.5 Å². The second-order valence-electron chi connectivity index (χ2n) is 2.80. The lowest BCUT2D eigenvalue weighted by atomic mass is 10.1. The summed E-state index contributed by atoms with van der Waals surface area (Å²) in [5, 5.41) is 0. The van der Waals surface area contributed by atoms with Crippen molar-refractivity contribution in [2.45, 2.75) is 19.8 Å². The SMILES string of the molecule is CC(C)c1cc(N)cc(F)n1. The molecule has 3 heteroatoms. The molecule has 1 rings (SSSR count). The average Bonchev–Trinajstić information content (AvgIpc) is 1.85. The third kappa shape index (κ3) is 1.90. The number of anilines is 1. The summed E-state index contributed by atoms with van der Waals surface area (Å²) in [4.78, 5) is 3.69. The minimum Gasteiger partial charge on any atom is -0.399 e. The van der Waals surface area contributed by atoms with Gasteiger partial charge in [-0.3, -0.25) is 0 Å². The molecule has 1 heterocycles. The summed E-state index contributed by atoms with van der Waals surface area (Å²) < 4.78 is 12.6. The third-order valence-corrected chi connectivity index (χ3v) is 1.43. The molecule has 2 N–H and O–H groups in total. The van der Waals surface area contributed by atoms with Crippen molar-refractivity contribution in [3.63, 3.8) is 0 Å². The van der Waals surface area contributed by atoms with E-state index in [1.807, 2.05) is 13.8 Å². The Hall–Kier alpha value is -1.12. The topological polar surface area (TPSA) is 38.9 Å². The van der Waals surface area contributed by atoms with Gasteiger partial charge in [0.1, 0.15) is 0 Å². The van der Waals surface area contributed by atoms with Gasteiger partial charge in [-0.25, -0.2) is 4.98 Å². The van der Waals surface area contributed by atoms with Gasteiger partial charge in [-0.05, 0) is 12.0 Å². The van der Waals surface area contributed by atoms with E-state index in [9.17, 15) is 4.39 Å². The van der Waals surface area contributed by atoms with Crippen LogP contribution in [0.2, 0.25) is 0 Å². The Morgan fingerprint density at radius 1 is 1.45 bits per heavy atom. The number of hydrogen-bond acceptors (Lipinski definition) is 2. The lowest BCUT2D eigenvalue weighted by Gasteiger charge is -2.04. The minimum atomic E-state index is -0.506. The largest absolute Gasteiger partial charge is 0.399 e. The number of nitrogen functional groups attached to an aromatic ring is 1. The Balaban J connectivity index is 3.08. The van der Waals surface area contributed by atoms with Crippen molar-refractivity contribution in [1.29, 1.82) is 0 Å². The van der Waals surface area contributed by atoms with Gasteiger partial charge in [-0.15, -0.1) is 0 Å². The third-order valence-electron chi connectivity index (χ3n) is 1.43. The van der Waals surface area contributed by atoms with E-state index in [1.54, 1.807) is 6.07 Å². The zero-order valence-corrected chi connectivity index (χ0v) is 6.63. The van der Waals surface area contributed by atoms with Gasteiger partial charge >= 0.3 is 0 Å². The van der Waals surface area contributed by atoms with Crippen LogP contribution in [0.5, 0.6) is 0 Å². The van der Waals surface area contributed by atoms with Crippen molar-refractivity contribution in [1.82, 2.24) is 4.98 Å². The number of halogens is 1. The lowest BCUT2D eigenvalue weighted by Crippen LogP contribution is -1.97. The molecule has 0 spiro atoms. The molecular weight excluding hydrogens is 143 g/mol. The summed E-state index contributed by atoms with van der Waals surface area (Å²) in [5.41, 5.74) is 6.55. The fourth-order valence-corrected chi connectivity index (χ4v) is 0.834. The van der Waals surface area contributed by atoms with E-state index in [0.29, 0.717) is 11.4 Å². The van der Waals surface area contributed by atoms with Gasteiger partial charge in [0.05, 0.1) is 0 Å². The predicted octanol–water partition coefficient (Wildman–Crippen LogP) is 1.93. The molecule has 0 atom stereocenters. The van der Waals surface area contributed by atoms with Crippen molar-refractivity contribution < 1.29 is 4.39 Å². The van der Waals surface area contributed by atoms with E-state index >= 15 is 0 Å². The van der Waals surface area contributed by atoms with Gasteiger partial charge in [-0.2, -0.15) is 4.39 Å². The van der Waals surface area contributed by atoms with Crippen LogP contribution in [0.4, 0.5) is 10.1 Å². The summed E-state index contributed by atoms with van der Waals surface area (Å²) >= 11 is 0. The zero-order valence-electron chi connectivity index (χ0n) is 6.63. The molecule has 2 nitrogen and oxygen atoms in total. The summed E-state index contributed by atoms with van der Waals surface area (Å²) in [5.74, 6) is -0.290. The van der Waals surface area contributed by atoms with Crippen molar-refractivity contribution in [3.8, 4) is 0 Å². The van der Waals surface area contributed by atoms with Crippen molar-refractivity contribution in [3.05, 3.63) is 23.8 Å². The maximum atomic E-state index is 12.6. The summed E-state index contributed by atoms with van der Waals surface area (Å²) in [6.07, 6.45) is 0. The number of pyridine rings is 1. The maximum Gasteiger partial charge on any atom is 0.215 e. The fraction of sp³-hybridized carbons (Fsp3) is 0.375. The van der Waals surface area contributed by atoms with Gasteiger partial charge in [0.15, 0.2) is 0 Å². The van der Waals surface area contributed by atoms with Crippen LogP contribution in [0.25, 0.3) is 0 Å². The molecule has 0 radical (unpaired) electrons. The molecule has 1 aromatic heterocycles. The first-order valence-electron chi connectivity index (χ1n) is 3.52. The average molecular weight is 154 g/mol. The number of nitrogens with two attached hydrogens (primary N) is 1. The first-order valence-corrected chi connectivity index (χ1v) is 3.52. The second-order valence-corrected chi connectivity index (χ2v) is 2.80. The van der Waals surface area contributed by atoms with E-state index in [1.165, 1.54) is 6.07 Å². The summed E-state index contributed by atoms with van der Waals surface area (Å²) in [6, 6.07) is 2.90. The van der Waals surface area contributed by atoms with Crippen LogP contribution in [0.3, 0.4) is 0 Å². The number of hydrogen-bond donors (Lipinski definition) is 1. The van der Waals surface area contributed by atoms with Gasteiger partial charge in [0, 0.05) is 17.4 Å². The second kappa shape index (κ2) is 2.86. The van der Waals surface area contributed by atoms with Crippen molar-refractivity contribution in [2.75, 3.05) is 5.73 Å². The molecule has 0 saturated heterocycles. The number of nitrogens with zero attached hydrogens (tertiary/aromatic N) is 1. The van der Waals surface area contributed by atoms with Crippen LogP contribution in [-0.4, -0.2) is 4.98 Å². The van der Waals surface area contributed by atoms with Crippen LogP contribution in [-0.2, 0) is 0 Å². The molecule has 0 fully saturated rings. The summed E-state index contributed by atoms with van der Waals surface area (Å²) in [7, 11) is 0. The van der Waals surface area contributed by atoms with Crippen molar-refractivity contribution in [2.24, 2.45) is 0 Å². The predicted molar refractivity (Wildman–Crippen MR) is 42.7 cm³/mol. The van der Waals surface area contributed by atoms with Crippen LogP contribution < -0.4 is 5.73 Å². The van der Waals surface area contributed by atoms with Crippen LogP contribution >= 0.6 is 0 Å². The molecule has 0 aliphatic rings. The molecule has 0 aliphatic carbocycles. The highest BCUT2D eigenvalue weighted by Crippen LogP contribution is 2.14. The Kier molecular flexibility index (Phi) is 2.08. The molecule has 11 heavy (non-hydrogen) atoms. The fourth-order valence-electron chi connectivity index (χ4n) is 0.834. The monoisotopic (exact) mass is 154 g/mol. The van der Waals surface area contributed by atoms with E-state index in [0.717, 1.165) is 0 Å². The van der Waals surface area contributed by atoms with Gasteiger partial charge in [0.2, 0.25) is 5.95 Å². The van der Waals surface area contributed by atoms with E-state index in [-0.39, 0.29) is 5.92 Å². The Bertz CT molecular complexity index is 238. The molecule has 0 saturated carbocycles. The molecule has 0 amide bonds. The molecular formula is C8H11FN2. The lowest BCUT2D eigenvalue weighted by molar-refractivity contribution is 0.572. The normalized spacial score (nSPS) is 10.5. The first-order chi connectivity index (χ1) is 5.09. The van der Waals surface area contributed by atoms with E-state index in [2.05, 4.69) is 4.98 Å². The number of rotatable bonds is 1. The molecule has 0 bridgehead atoms. The van der Waals surface area contributed by atoms with Crippen LogP contribution in [0.15, 0.2) is 12.1 Å². The highest BCUT2D eigenvalue weighted by molar-refractivity contribution is 5.38. The molecule has 1 aromatic rings. The smallest absolute Gasteiger partial charge is 0.215 e. The molecule has 0 unspecified atom stereocenters. The molecule has 60 valence electrons. The van der Waals surface area contributed by atoms with Gasteiger partial charge < -0.3 is 5.73 Å². The minimum absolute atomic E-state index is 0.216. The quantitative estimate of drug-likeness (QED) is 0.628. The van der Waals surface area contributed by atoms with Gasteiger partial charge in [-0.1, -0.05) is 13.8 Å². The van der Waals surface area contributed by atoms with Crippen LogP contribution in [0, 0.1) is 5.95 Å². The standard InChI is InChI=1S/C8H11FN2/c1-5(2)7-3-6(10)4-8(9)11-7/h3-5H,1-2H3,(H2,10,11).